The van der Waals surface area contributed by atoms with Crippen molar-refractivity contribution in [3.63, 3.8) is 0 Å². The first-order valence-electron chi connectivity index (χ1n) is 5.07. The largest absolute Gasteiger partial charge is 0.330 e. The second-order valence-corrected chi connectivity index (χ2v) is 3.36. The Morgan fingerprint density at radius 2 is 2.00 bits per heavy atom. The van der Waals surface area contributed by atoms with E-state index in [1.165, 1.54) is 0 Å². The minimum atomic E-state index is 0.682. The lowest BCUT2D eigenvalue weighted by Crippen LogP contribution is -2.01. The van der Waals surface area contributed by atoms with Gasteiger partial charge >= 0.3 is 0 Å². The van der Waals surface area contributed by atoms with Gasteiger partial charge in [-0.3, -0.25) is 5.10 Å². The molecule has 1 aromatic carbocycles. The average Bonchev–Trinajstić information content (AvgIpc) is 2.76. The second kappa shape index (κ2) is 4.70. The normalized spacial score (nSPS) is 10.5. The number of hydrogen-bond acceptors (Lipinski definition) is 3. The number of nitrogens with one attached hydrogen (secondary N) is 1. The lowest BCUT2D eigenvalue weighted by molar-refractivity contribution is 0.785. The van der Waals surface area contributed by atoms with Crippen LogP contribution in [-0.4, -0.2) is 21.7 Å². The third kappa shape index (κ3) is 2.41. The van der Waals surface area contributed by atoms with Crippen molar-refractivity contribution in [1.82, 2.24) is 15.2 Å². The van der Waals surface area contributed by atoms with Gasteiger partial charge in [0.25, 0.3) is 0 Å². The predicted octanol–water partition coefficient (Wildman–Crippen LogP) is 1.36. The molecule has 3 N–H and O–H groups in total. The van der Waals surface area contributed by atoms with E-state index in [2.05, 4.69) is 15.2 Å². The zero-order chi connectivity index (χ0) is 10.5. The van der Waals surface area contributed by atoms with Crippen LogP contribution in [0.2, 0.25) is 0 Å². The van der Waals surface area contributed by atoms with Gasteiger partial charge in [-0.05, 0) is 13.0 Å². The molecule has 1 aromatic heterocycles. The molecule has 0 bridgehead atoms. The lowest BCUT2D eigenvalue weighted by Gasteiger charge is -1.92. The first kappa shape index (κ1) is 9.86. The van der Waals surface area contributed by atoms with Crippen LogP contribution in [0.4, 0.5) is 0 Å². The third-order valence-corrected chi connectivity index (χ3v) is 2.18. The first-order chi connectivity index (χ1) is 7.40. The Labute approximate surface area is 88.5 Å². The van der Waals surface area contributed by atoms with E-state index in [9.17, 15) is 0 Å². The number of H-pyrrole nitrogens is 1. The van der Waals surface area contributed by atoms with Crippen LogP contribution >= 0.6 is 0 Å². The molecule has 0 saturated carbocycles. The number of hydrogen-bond donors (Lipinski definition) is 2. The Hall–Kier alpha value is -1.68. The van der Waals surface area contributed by atoms with Crippen molar-refractivity contribution in [2.75, 3.05) is 6.54 Å². The van der Waals surface area contributed by atoms with Crippen LogP contribution in [0, 0.1) is 0 Å². The van der Waals surface area contributed by atoms with Crippen LogP contribution in [0.25, 0.3) is 11.4 Å². The van der Waals surface area contributed by atoms with Crippen LogP contribution < -0.4 is 5.73 Å². The molecule has 4 heteroatoms. The van der Waals surface area contributed by atoms with E-state index in [0.717, 1.165) is 30.1 Å². The SMILES string of the molecule is NCCCc1nc(-c2ccccc2)n[nH]1. The highest BCUT2D eigenvalue weighted by atomic mass is 15.2. The van der Waals surface area contributed by atoms with Gasteiger partial charge in [0, 0.05) is 12.0 Å². The van der Waals surface area contributed by atoms with Gasteiger partial charge in [-0.1, -0.05) is 30.3 Å². The summed E-state index contributed by atoms with van der Waals surface area (Å²) in [6, 6.07) is 9.92. The molecular weight excluding hydrogens is 188 g/mol. The molecular formula is C11H14N4. The summed E-state index contributed by atoms with van der Waals surface area (Å²) in [7, 11) is 0. The minimum absolute atomic E-state index is 0.682. The van der Waals surface area contributed by atoms with Crippen LogP contribution in [0.5, 0.6) is 0 Å². The molecule has 1 heterocycles. The maximum absolute atomic E-state index is 5.43. The Balaban J connectivity index is 2.14. The summed E-state index contributed by atoms with van der Waals surface area (Å²) < 4.78 is 0. The van der Waals surface area contributed by atoms with Gasteiger partial charge in [0.15, 0.2) is 5.82 Å². The van der Waals surface area contributed by atoms with Crippen LogP contribution in [0.15, 0.2) is 30.3 Å². The molecule has 78 valence electrons. The quantitative estimate of drug-likeness (QED) is 0.786. The Bertz CT molecular complexity index is 408. The Morgan fingerprint density at radius 1 is 1.20 bits per heavy atom. The summed E-state index contributed by atoms with van der Waals surface area (Å²) in [6.45, 7) is 0.682. The molecule has 0 aliphatic heterocycles. The van der Waals surface area contributed by atoms with E-state index in [1.54, 1.807) is 0 Å². The van der Waals surface area contributed by atoms with E-state index in [-0.39, 0.29) is 0 Å². The van der Waals surface area contributed by atoms with Crippen molar-refractivity contribution in [3.8, 4) is 11.4 Å². The van der Waals surface area contributed by atoms with Crippen LogP contribution in [0.3, 0.4) is 0 Å². The third-order valence-electron chi connectivity index (χ3n) is 2.18. The average molecular weight is 202 g/mol. The highest BCUT2D eigenvalue weighted by Crippen LogP contribution is 2.13. The molecule has 15 heavy (non-hydrogen) atoms. The van der Waals surface area contributed by atoms with Crippen molar-refractivity contribution in [1.29, 1.82) is 0 Å². The molecule has 2 aromatic rings. The van der Waals surface area contributed by atoms with E-state index in [0.29, 0.717) is 6.54 Å². The smallest absolute Gasteiger partial charge is 0.181 e. The molecule has 0 unspecified atom stereocenters. The van der Waals surface area contributed by atoms with E-state index < -0.39 is 0 Å². The van der Waals surface area contributed by atoms with Gasteiger partial charge in [-0.2, -0.15) is 5.10 Å². The maximum Gasteiger partial charge on any atom is 0.181 e. The number of rotatable bonds is 4. The van der Waals surface area contributed by atoms with Crippen molar-refractivity contribution in [2.24, 2.45) is 5.73 Å². The van der Waals surface area contributed by atoms with Gasteiger partial charge < -0.3 is 5.73 Å². The molecule has 0 aliphatic rings. The highest BCUT2D eigenvalue weighted by Gasteiger charge is 2.04. The van der Waals surface area contributed by atoms with Crippen molar-refractivity contribution < 1.29 is 0 Å². The van der Waals surface area contributed by atoms with Gasteiger partial charge in [0.2, 0.25) is 0 Å². The van der Waals surface area contributed by atoms with Gasteiger partial charge in [-0.15, -0.1) is 0 Å². The number of aromatic amines is 1. The molecule has 2 rings (SSSR count). The number of nitrogens with zero attached hydrogens (tertiary/aromatic N) is 2. The Kier molecular flexibility index (Phi) is 3.09. The van der Waals surface area contributed by atoms with Crippen molar-refractivity contribution >= 4 is 0 Å². The molecule has 0 atom stereocenters. The molecule has 0 amide bonds. The summed E-state index contributed by atoms with van der Waals surface area (Å²) in [5, 5.41) is 7.08. The molecule has 0 radical (unpaired) electrons. The zero-order valence-electron chi connectivity index (χ0n) is 8.48. The summed E-state index contributed by atoms with van der Waals surface area (Å²) in [5.74, 6) is 1.65. The molecule has 0 aliphatic carbocycles. The van der Waals surface area contributed by atoms with Crippen molar-refractivity contribution in [3.05, 3.63) is 36.2 Å². The molecule has 4 nitrogen and oxygen atoms in total. The van der Waals surface area contributed by atoms with Crippen LogP contribution in [-0.2, 0) is 6.42 Å². The zero-order valence-corrected chi connectivity index (χ0v) is 8.48. The monoisotopic (exact) mass is 202 g/mol. The summed E-state index contributed by atoms with van der Waals surface area (Å²) >= 11 is 0. The number of benzene rings is 1. The van der Waals surface area contributed by atoms with E-state index >= 15 is 0 Å². The standard InChI is InChI=1S/C11H14N4/c12-8-4-7-10-13-11(15-14-10)9-5-2-1-3-6-9/h1-3,5-6H,4,7-8,12H2,(H,13,14,15). The number of aryl methyl sites for hydroxylation is 1. The highest BCUT2D eigenvalue weighted by molar-refractivity contribution is 5.53. The van der Waals surface area contributed by atoms with Crippen molar-refractivity contribution in [2.45, 2.75) is 12.8 Å². The number of nitrogens with two attached hydrogens (primary N) is 1. The molecule has 0 saturated heterocycles. The first-order valence-corrected chi connectivity index (χ1v) is 5.07. The fraction of sp³-hybridized carbons (Fsp3) is 0.273. The number of aromatic nitrogens is 3. The maximum atomic E-state index is 5.43. The summed E-state index contributed by atoms with van der Waals surface area (Å²) in [4.78, 5) is 4.40. The van der Waals surface area contributed by atoms with Gasteiger partial charge in [-0.25, -0.2) is 4.98 Å². The topological polar surface area (TPSA) is 67.6 Å². The predicted molar refractivity (Wildman–Crippen MR) is 59.2 cm³/mol. The molecule has 0 spiro atoms. The second-order valence-electron chi connectivity index (χ2n) is 3.36. The van der Waals surface area contributed by atoms with E-state index in [1.807, 2.05) is 30.3 Å². The van der Waals surface area contributed by atoms with Gasteiger partial charge in [0.1, 0.15) is 5.82 Å². The van der Waals surface area contributed by atoms with E-state index in [4.69, 9.17) is 5.73 Å². The summed E-state index contributed by atoms with van der Waals surface area (Å²) in [6.07, 6.45) is 1.79. The summed E-state index contributed by atoms with van der Waals surface area (Å²) in [5.41, 5.74) is 6.47. The fourth-order valence-corrected chi connectivity index (χ4v) is 1.39. The minimum Gasteiger partial charge on any atom is -0.330 e. The fourth-order valence-electron chi connectivity index (χ4n) is 1.39. The van der Waals surface area contributed by atoms with Crippen LogP contribution in [0.1, 0.15) is 12.2 Å². The Morgan fingerprint density at radius 3 is 2.73 bits per heavy atom. The van der Waals surface area contributed by atoms with Gasteiger partial charge in [0.05, 0.1) is 0 Å². The lowest BCUT2D eigenvalue weighted by atomic mass is 10.2. The molecule has 0 fully saturated rings.